The van der Waals surface area contributed by atoms with Gasteiger partial charge in [0.25, 0.3) is 5.91 Å². The van der Waals surface area contributed by atoms with Crippen LogP contribution in [0.3, 0.4) is 0 Å². The molecule has 0 spiro atoms. The quantitative estimate of drug-likeness (QED) is 0.676. The first kappa shape index (κ1) is 19.7. The van der Waals surface area contributed by atoms with E-state index in [2.05, 4.69) is 15.6 Å². The number of anilines is 1. The van der Waals surface area contributed by atoms with Crippen LogP contribution in [0.15, 0.2) is 42.6 Å². The summed E-state index contributed by atoms with van der Waals surface area (Å²) in [5, 5.41) is 5.83. The Bertz CT molecular complexity index is 1020. The van der Waals surface area contributed by atoms with E-state index < -0.39 is 11.7 Å². The number of carbonyl (C=O) groups excluding carboxylic acids is 2. The van der Waals surface area contributed by atoms with Gasteiger partial charge in [-0.3, -0.25) is 9.59 Å². The predicted molar refractivity (Wildman–Crippen MR) is 109 cm³/mol. The molecule has 0 aliphatic rings. The SMILES string of the molecule is Cc1cc(C)c(NC(=O)CNC(=O)c2cnc(-c3ccccc3F)s2)c(C)c1. The number of benzene rings is 2. The monoisotopic (exact) mass is 397 g/mol. The highest BCUT2D eigenvalue weighted by Gasteiger charge is 2.15. The van der Waals surface area contributed by atoms with Crippen LogP contribution in [-0.4, -0.2) is 23.3 Å². The zero-order valence-corrected chi connectivity index (χ0v) is 16.6. The summed E-state index contributed by atoms with van der Waals surface area (Å²) in [5.41, 5.74) is 4.15. The molecule has 2 N–H and O–H groups in total. The first-order chi connectivity index (χ1) is 13.3. The summed E-state index contributed by atoms with van der Waals surface area (Å²) in [6.45, 7) is 5.68. The maximum absolute atomic E-state index is 13.8. The summed E-state index contributed by atoms with van der Waals surface area (Å²) in [6.07, 6.45) is 1.38. The summed E-state index contributed by atoms with van der Waals surface area (Å²) in [6, 6.07) is 10.2. The van der Waals surface area contributed by atoms with E-state index in [0.717, 1.165) is 33.7 Å². The van der Waals surface area contributed by atoms with Crippen LogP contribution in [-0.2, 0) is 4.79 Å². The maximum atomic E-state index is 13.8. The molecule has 0 aliphatic carbocycles. The number of nitrogens with zero attached hydrogens (tertiary/aromatic N) is 1. The number of aryl methyl sites for hydroxylation is 3. The number of thiazole rings is 1. The normalized spacial score (nSPS) is 10.6. The second-order valence-electron chi connectivity index (χ2n) is 6.51. The average molecular weight is 397 g/mol. The molecule has 0 aliphatic heterocycles. The predicted octanol–water partition coefficient (Wildman–Crippen LogP) is 4.24. The molecule has 1 heterocycles. The van der Waals surface area contributed by atoms with Gasteiger partial charge in [0.05, 0.1) is 12.7 Å². The van der Waals surface area contributed by atoms with Gasteiger partial charge < -0.3 is 10.6 Å². The highest BCUT2D eigenvalue weighted by Crippen LogP contribution is 2.27. The molecular weight excluding hydrogens is 377 g/mol. The van der Waals surface area contributed by atoms with Crippen molar-refractivity contribution in [3.63, 3.8) is 0 Å². The Kier molecular flexibility index (Phi) is 5.84. The molecule has 0 saturated carbocycles. The van der Waals surface area contributed by atoms with Crippen molar-refractivity contribution in [1.82, 2.24) is 10.3 Å². The van der Waals surface area contributed by atoms with Gasteiger partial charge in [0, 0.05) is 11.3 Å². The topological polar surface area (TPSA) is 71.1 Å². The fourth-order valence-electron chi connectivity index (χ4n) is 2.95. The zero-order chi connectivity index (χ0) is 20.3. The molecule has 7 heteroatoms. The number of halogens is 1. The Balaban J connectivity index is 1.62. The summed E-state index contributed by atoms with van der Waals surface area (Å²) >= 11 is 1.08. The van der Waals surface area contributed by atoms with Gasteiger partial charge in [-0.1, -0.05) is 29.8 Å². The Hall–Kier alpha value is -3.06. The molecule has 3 aromatic rings. The van der Waals surface area contributed by atoms with Gasteiger partial charge in [-0.05, 0) is 44.0 Å². The second-order valence-corrected chi connectivity index (χ2v) is 7.54. The van der Waals surface area contributed by atoms with Crippen molar-refractivity contribution < 1.29 is 14.0 Å². The summed E-state index contributed by atoms with van der Waals surface area (Å²) in [5.74, 6) is -1.14. The third-order valence-corrected chi connectivity index (χ3v) is 5.21. The number of hydrogen-bond donors (Lipinski definition) is 2. The minimum absolute atomic E-state index is 0.168. The number of aromatic nitrogens is 1. The van der Waals surface area contributed by atoms with Crippen LogP contribution >= 0.6 is 11.3 Å². The van der Waals surface area contributed by atoms with Gasteiger partial charge in [0.2, 0.25) is 5.91 Å². The van der Waals surface area contributed by atoms with E-state index in [4.69, 9.17) is 0 Å². The van der Waals surface area contributed by atoms with E-state index in [9.17, 15) is 14.0 Å². The molecule has 0 fully saturated rings. The lowest BCUT2D eigenvalue weighted by Gasteiger charge is -2.13. The molecule has 0 bridgehead atoms. The van der Waals surface area contributed by atoms with Crippen LogP contribution in [0.2, 0.25) is 0 Å². The highest BCUT2D eigenvalue weighted by molar-refractivity contribution is 7.16. The van der Waals surface area contributed by atoms with E-state index in [0.29, 0.717) is 15.4 Å². The fraction of sp³-hybridized carbons (Fsp3) is 0.190. The van der Waals surface area contributed by atoms with Crippen molar-refractivity contribution in [2.24, 2.45) is 0 Å². The van der Waals surface area contributed by atoms with Crippen molar-refractivity contribution in [2.75, 3.05) is 11.9 Å². The van der Waals surface area contributed by atoms with Gasteiger partial charge in [0.15, 0.2) is 0 Å². The van der Waals surface area contributed by atoms with Crippen LogP contribution in [0.5, 0.6) is 0 Å². The van der Waals surface area contributed by atoms with Crippen LogP contribution < -0.4 is 10.6 Å². The van der Waals surface area contributed by atoms with Crippen LogP contribution in [0.1, 0.15) is 26.4 Å². The largest absolute Gasteiger partial charge is 0.342 e. The van der Waals surface area contributed by atoms with Crippen LogP contribution in [0, 0.1) is 26.6 Å². The Labute approximate surface area is 166 Å². The lowest BCUT2D eigenvalue weighted by molar-refractivity contribution is -0.115. The molecule has 28 heavy (non-hydrogen) atoms. The van der Waals surface area contributed by atoms with E-state index in [-0.39, 0.29) is 12.5 Å². The zero-order valence-electron chi connectivity index (χ0n) is 15.8. The van der Waals surface area contributed by atoms with E-state index >= 15 is 0 Å². The fourth-order valence-corrected chi connectivity index (χ4v) is 3.81. The van der Waals surface area contributed by atoms with Gasteiger partial charge >= 0.3 is 0 Å². The van der Waals surface area contributed by atoms with Crippen LogP contribution in [0.4, 0.5) is 10.1 Å². The molecule has 0 saturated heterocycles. The molecule has 2 aromatic carbocycles. The first-order valence-corrected chi connectivity index (χ1v) is 9.53. The molecule has 0 atom stereocenters. The van der Waals surface area contributed by atoms with E-state index in [1.807, 2.05) is 32.9 Å². The van der Waals surface area contributed by atoms with Gasteiger partial charge in [-0.15, -0.1) is 11.3 Å². The van der Waals surface area contributed by atoms with Crippen molar-refractivity contribution in [3.8, 4) is 10.6 Å². The molecule has 144 valence electrons. The average Bonchev–Trinajstić information content (AvgIpc) is 3.13. The van der Waals surface area contributed by atoms with E-state index in [1.165, 1.54) is 12.3 Å². The molecule has 5 nitrogen and oxygen atoms in total. The smallest absolute Gasteiger partial charge is 0.263 e. The number of amides is 2. The van der Waals surface area contributed by atoms with Crippen molar-refractivity contribution in [3.05, 3.63) is 70.0 Å². The molecule has 0 radical (unpaired) electrons. The molecule has 0 unspecified atom stereocenters. The van der Waals surface area contributed by atoms with Gasteiger partial charge in [-0.25, -0.2) is 9.37 Å². The number of carbonyl (C=O) groups is 2. The standard InChI is InChI=1S/C21H20FN3O2S/c1-12-8-13(2)19(14(3)9-12)25-18(26)11-23-20(27)17-10-24-21(28-17)15-6-4-5-7-16(15)22/h4-10H,11H2,1-3H3,(H,23,27)(H,25,26). The van der Waals surface area contributed by atoms with E-state index in [1.54, 1.807) is 18.2 Å². The van der Waals surface area contributed by atoms with Gasteiger partial charge in [-0.2, -0.15) is 0 Å². The third-order valence-electron chi connectivity index (χ3n) is 4.18. The number of hydrogen-bond acceptors (Lipinski definition) is 4. The Morgan fingerprint density at radius 2 is 1.79 bits per heavy atom. The van der Waals surface area contributed by atoms with Crippen molar-refractivity contribution >= 4 is 28.8 Å². The highest BCUT2D eigenvalue weighted by atomic mass is 32.1. The minimum atomic E-state index is -0.424. The summed E-state index contributed by atoms with van der Waals surface area (Å²) < 4.78 is 13.8. The number of rotatable bonds is 5. The minimum Gasteiger partial charge on any atom is -0.342 e. The Morgan fingerprint density at radius 1 is 1.11 bits per heavy atom. The Morgan fingerprint density at radius 3 is 2.46 bits per heavy atom. The van der Waals surface area contributed by atoms with Crippen molar-refractivity contribution in [1.29, 1.82) is 0 Å². The molecular formula is C21H20FN3O2S. The summed E-state index contributed by atoms with van der Waals surface area (Å²) in [4.78, 5) is 28.9. The van der Waals surface area contributed by atoms with Crippen molar-refractivity contribution in [2.45, 2.75) is 20.8 Å². The van der Waals surface area contributed by atoms with Gasteiger partial charge in [0.1, 0.15) is 15.7 Å². The molecule has 3 rings (SSSR count). The second kappa shape index (κ2) is 8.31. The lowest BCUT2D eigenvalue weighted by Crippen LogP contribution is -2.32. The number of nitrogens with one attached hydrogen (secondary N) is 2. The van der Waals surface area contributed by atoms with Crippen LogP contribution in [0.25, 0.3) is 10.6 Å². The third kappa shape index (κ3) is 4.43. The molecule has 1 aromatic heterocycles. The molecule has 2 amide bonds. The maximum Gasteiger partial charge on any atom is 0.263 e. The lowest BCUT2D eigenvalue weighted by atomic mass is 10.1. The first-order valence-electron chi connectivity index (χ1n) is 8.72. The summed E-state index contributed by atoms with van der Waals surface area (Å²) in [7, 11) is 0.